The Hall–Kier alpha value is -2.37. The number of aryl methyl sites for hydroxylation is 4. The van der Waals surface area contributed by atoms with Crippen LogP contribution in [-0.2, 0) is 9.47 Å². The van der Waals surface area contributed by atoms with Gasteiger partial charge in [0.15, 0.2) is 0 Å². The lowest BCUT2D eigenvalue weighted by Gasteiger charge is -2.21. The van der Waals surface area contributed by atoms with Gasteiger partial charge >= 0.3 is 6.16 Å². The number of rotatable bonds is 12. The van der Waals surface area contributed by atoms with Crippen LogP contribution in [0.1, 0.15) is 99.0 Å². The van der Waals surface area contributed by atoms with Crippen molar-refractivity contribution in [3.05, 3.63) is 57.6 Å². The summed E-state index contributed by atoms with van der Waals surface area (Å²) in [6, 6.07) is 8.02. The topological polar surface area (TPSA) is 54.0 Å². The molecule has 2 rings (SSSR count). The number of carbonyl (C=O) groups is 1. The molecular weight excluding hydrogens is 428 g/mol. The van der Waals surface area contributed by atoms with E-state index < -0.39 is 6.16 Å². The fraction of sp³-hybridized carbons (Fsp3) is 0.552. The summed E-state index contributed by atoms with van der Waals surface area (Å²) in [5.74, 6) is 0.997. The predicted octanol–water partition coefficient (Wildman–Crippen LogP) is 8.25. The third-order valence-corrected chi connectivity index (χ3v) is 5.87. The SMILES string of the molecule is CCCCOC(C)c1cc(C)cc(C)c1OC(=O)Oc1c(C)cc(C)cc1C(C)OCCCC. The maximum atomic E-state index is 13.0. The van der Waals surface area contributed by atoms with Crippen LogP contribution in [0, 0.1) is 27.7 Å². The van der Waals surface area contributed by atoms with Crippen LogP contribution in [0.25, 0.3) is 0 Å². The van der Waals surface area contributed by atoms with Gasteiger partial charge in [-0.05, 0) is 77.6 Å². The van der Waals surface area contributed by atoms with E-state index in [4.69, 9.17) is 18.9 Å². The summed E-state index contributed by atoms with van der Waals surface area (Å²) in [6.07, 6.45) is 2.95. The van der Waals surface area contributed by atoms with Crippen molar-refractivity contribution < 1.29 is 23.7 Å². The molecule has 0 aliphatic rings. The van der Waals surface area contributed by atoms with E-state index in [0.29, 0.717) is 24.7 Å². The molecule has 0 saturated carbocycles. The highest BCUT2D eigenvalue weighted by Crippen LogP contribution is 2.35. The van der Waals surface area contributed by atoms with Crippen molar-refractivity contribution in [2.24, 2.45) is 0 Å². The predicted molar refractivity (Wildman–Crippen MR) is 137 cm³/mol. The quantitative estimate of drug-likeness (QED) is 0.177. The van der Waals surface area contributed by atoms with Crippen LogP contribution in [0.5, 0.6) is 11.5 Å². The molecule has 34 heavy (non-hydrogen) atoms. The number of unbranched alkanes of at least 4 members (excludes halogenated alkanes) is 2. The van der Waals surface area contributed by atoms with Crippen molar-refractivity contribution in [3.63, 3.8) is 0 Å². The van der Waals surface area contributed by atoms with Crippen molar-refractivity contribution >= 4 is 6.16 Å². The molecule has 2 aromatic carbocycles. The number of hydrogen-bond donors (Lipinski definition) is 0. The van der Waals surface area contributed by atoms with E-state index in [-0.39, 0.29) is 12.2 Å². The Labute approximate surface area is 205 Å². The van der Waals surface area contributed by atoms with Crippen LogP contribution in [0.4, 0.5) is 4.79 Å². The smallest absolute Gasteiger partial charge is 0.394 e. The minimum Gasteiger partial charge on any atom is -0.394 e. The zero-order valence-corrected chi connectivity index (χ0v) is 22.2. The molecule has 0 aliphatic heterocycles. The van der Waals surface area contributed by atoms with Gasteiger partial charge in [0.2, 0.25) is 0 Å². The fourth-order valence-electron chi connectivity index (χ4n) is 4.03. The molecule has 0 spiro atoms. The molecule has 5 heteroatoms. The van der Waals surface area contributed by atoms with E-state index in [1.807, 2.05) is 65.8 Å². The zero-order valence-electron chi connectivity index (χ0n) is 22.2. The minimum atomic E-state index is -0.761. The van der Waals surface area contributed by atoms with Gasteiger partial charge in [0.05, 0.1) is 12.2 Å². The van der Waals surface area contributed by atoms with Crippen LogP contribution in [-0.4, -0.2) is 19.4 Å². The first-order valence-electron chi connectivity index (χ1n) is 12.5. The third kappa shape index (κ3) is 7.85. The molecule has 0 aliphatic carbocycles. The van der Waals surface area contributed by atoms with E-state index in [1.165, 1.54) is 0 Å². The summed E-state index contributed by atoms with van der Waals surface area (Å²) in [4.78, 5) is 13.0. The maximum absolute atomic E-state index is 13.0. The molecule has 0 amide bonds. The van der Waals surface area contributed by atoms with Gasteiger partial charge in [0, 0.05) is 24.3 Å². The second-order valence-electron chi connectivity index (χ2n) is 9.19. The van der Waals surface area contributed by atoms with Gasteiger partial charge in [0.1, 0.15) is 11.5 Å². The van der Waals surface area contributed by atoms with Gasteiger partial charge in [-0.25, -0.2) is 4.79 Å². The van der Waals surface area contributed by atoms with Crippen molar-refractivity contribution in [3.8, 4) is 11.5 Å². The molecule has 2 aromatic rings. The van der Waals surface area contributed by atoms with Crippen molar-refractivity contribution in [1.82, 2.24) is 0 Å². The Morgan fingerprint density at radius 3 is 1.44 bits per heavy atom. The highest BCUT2D eigenvalue weighted by Gasteiger charge is 2.22. The molecule has 188 valence electrons. The molecule has 0 heterocycles. The first-order chi connectivity index (χ1) is 16.2. The number of ether oxygens (including phenoxy) is 4. The van der Waals surface area contributed by atoms with E-state index in [1.54, 1.807) is 0 Å². The molecule has 0 bridgehead atoms. The Balaban J connectivity index is 2.28. The van der Waals surface area contributed by atoms with Gasteiger partial charge in [-0.1, -0.05) is 49.9 Å². The van der Waals surface area contributed by atoms with E-state index in [9.17, 15) is 4.79 Å². The molecule has 0 fully saturated rings. The van der Waals surface area contributed by atoms with Crippen LogP contribution in [0.15, 0.2) is 24.3 Å². The van der Waals surface area contributed by atoms with E-state index in [0.717, 1.165) is 59.1 Å². The monoisotopic (exact) mass is 470 g/mol. The number of benzene rings is 2. The van der Waals surface area contributed by atoms with Gasteiger partial charge in [-0.2, -0.15) is 0 Å². The summed E-state index contributed by atoms with van der Waals surface area (Å²) < 4.78 is 23.6. The highest BCUT2D eigenvalue weighted by molar-refractivity contribution is 5.70. The summed E-state index contributed by atoms with van der Waals surface area (Å²) in [5.41, 5.74) is 5.62. The molecule has 0 radical (unpaired) electrons. The van der Waals surface area contributed by atoms with Gasteiger partial charge in [-0.3, -0.25) is 0 Å². The number of carbonyl (C=O) groups excluding carboxylic acids is 1. The summed E-state index contributed by atoms with van der Waals surface area (Å²) in [6.45, 7) is 17.5. The molecule has 2 unspecified atom stereocenters. The van der Waals surface area contributed by atoms with Crippen molar-refractivity contribution in [1.29, 1.82) is 0 Å². The first-order valence-corrected chi connectivity index (χ1v) is 12.5. The third-order valence-electron chi connectivity index (χ3n) is 5.87. The normalized spacial score (nSPS) is 12.9. The lowest BCUT2D eigenvalue weighted by atomic mass is 10.0. The van der Waals surface area contributed by atoms with E-state index in [2.05, 4.69) is 13.8 Å². The van der Waals surface area contributed by atoms with Crippen molar-refractivity contribution in [2.75, 3.05) is 13.2 Å². The molecule has 5 nitrogen and oxygen atoms in total. The second kappa shape index (κ2) is 13.5. The average molecular weight is 471 g/mol. The Bertz CT molecular complexity index is 875. The average Bonchev–Trinajstić information content (AvgIpc) is 2.77. The van der Waals surface area contributed by atoms with Crippen LogP contribution >= 0.6 is 0 Å². The second-order valence-corrected chi connectivity index (χ2v) is 9.19. The van der Waals surface area contributed by atoms with Crippen LogP contribution in [0.3, 0.4) is 0 Å². The molecule has 2 atom stereocenters. The zero-order chi connectivity index (χ0) is 25.3. The van der Waals surface area contributed by atoms with Gasteiger partial charge in [-0.15, -0.1) is 0 Å². The lowest BCUT2D eigenvalue weighted by Crippen LogP contribution is -2.19. The highest BCUT2D eigenvalue weighted by atomic mass is 16.7. The Kier molecular flexibility index (Phi) is 11.1. The summed E-state index contributed by atoms with van der Waals surface area (Å²) in [7, 11) is 0. The Morgan fingerprint density at radius 2 is 1.09 bits per heavy atom. The number of hydrogen-bond acceptors (Lipinski definition) is 5. The lowest BCUT2D eigenvalue weighted by molar-refractivity contribution is 0.0601. The largest absolute Gasteiger partial charge is 0.519 e. The molecular formula is C29H42O5. The minimum absolute atomic E-state index is 0.198. The van der Waals surface area contributed by atoms with Gasteiger partial charge < -0.3 is 18.9 Å². The van der Waals surface area contributed by atoms with E-state index >= 15 is 0 Å². The summed E-state index contributed by atoms with van der Waals surface area (Å²) in [5, 5.41) is 0. The maximum Gasteiger partial charge on any atom is 0.519 e. The summed E-state index contributed by atoms with van der Waals surface area (Å²) >= 11 is 0. The first kappa shape index (κ1) is 27.9. The molecule has 0 aromatic heterocycles. The van der Waals surface area contributed by atoms with Gasteiger partial charge in [0.25, 0.3) is 0 Å². The van der Waals surface area contributed by atoms with Crippen molar-refractivity contribution in [2.45, 2.75) is 93.3 Å². The van der Waals surface area contributed by atoms with Crippen LogP contribution in [0.2, 0.25) is 0 Å². The molecule has 0 N–H and O–H groups in total. The Morgan fingerprint density at radius 1 is 0.706 bits per heavy atom. The molecule has 0 saturated heterocycles. The fourth-order valence-corrected chi connectivity index (χ4v) is 4.03. The standard InChI is InChI=1S/C29H42O5/c1-9-11-13-31-23(7)25-17-19(3)15-21(5)27(25)33-29(30)34-28-22(6)16-20(4)18-26(28)24(8)32-14-12-10-2/h15-18,23-24H,9-14H2,1-8H3. The van der Waals surface area contributed by atoms with Crippen LogP contribution < -0.4 is 9.47 Å².